The van der Waals surface area contributed by atoms with E-state index in [9.17, 15) is 0 Å². The van der Waals surface area contributed by atoms with Crippen molar-refractivity contribution in [3.8, 4) is 11.6 Å². The quantitative estimate of drug-likeness (QED) is 0.929. The summed E-state index contributed by atoms with van der Waals surface area (Å²) in [5.74, 6) is 1.93. The Morgan fingerprint density at radius 3 is 2.63 bits per heavy atom. The number of aromatic nitrogens is 2. The van der Waals surface area contributed by atoms with Crippen LogP contribution in [0, 0.1) is 6.92 Å². The summed E-state index contributed by atoms with van der Waals surface area (Å²) in [4.78, 5) is 8.47. The van der Waals surface area contributed by atoms with Gasteiger partial charge >= 0.3 is 0 Å². The Morgan fingerprint density at radius 2 is 2.00 bits per heavy atom. The minimum absolute atomic E-state index is 0.409. The van der Waals surface area contributed by atoms with Gasteiger partial charge in [0.25, 0.3) is 0 Å². The first-order chi connectivity index (χ1) is 9.01. The predicted octanol–water partition coefficient (Wildman–Crippen LogP) is 4.03. The number of anilines is 1. The van der Waals surface area contributed by atoms with E-state index < -0.39 is 0 Å². The Hall–Kier alpha value is -1.52. The highest BCUT2D eigenvalue weighted by atomic mass is 35.5. The molecule has 2 rings (SSSR count). The summed E-state index contributed by atoms with van der Waals surface area (Å²) in [7, 11) is 0. The molecule has 0 amide bonds. The zero-order chi connectivity index (χ0) is 14.0. The molecule has 2 aromatic rings. The molecule has 0 aliphatic rings. The highest BCUT2D eigenvalue weighted by Crippen LogP contribution is 2.32. The number of hydrogen-bond acceptors (Lipinski definition) is 4. The second kappa shape index (κ2) is 5.63. The molecule has 1 heterocycles. The molecule has 2 N–H and O–H groups in total. The van der Waals surface area contributed by atoms with Crippen molar-refractivity contribution in [1.82, 2.24) is 9.97 Å². The fraction of sp³-hybridized carbons (Fsp3) is 0.231. The van der Waals surface area contributed by atoms with Crippen LogP contribution in [0.15, 0.2) is 18.2 Å². The van der Waals surface area contributed by atoms with Crippen LogP contribution in [0.3, 0.4) is 0 Å². The summed E-state index contributed by atoms with van der Waals surface area (Å²) in [5.41, 5.74) is 6.51. The van der Waals surface area contributed by atoms with Crippen LogP contribution >= 0.6 is 23.2 Å². The second-order valence-electron chi connectivity index (χ2n) is 3.99. The summed E-state index contributed by atoms with van der Waals surface area (Å²) >= 11 is 11.9. The van der Waals surface area contributed by atoms with Crippen molar-refractivity contribution in [3.63, 3.8) is 0 Å². The fourth-order valence-electron chi connectivity index (χ4n) is 1.48. The van der Waals surface area contributed by atoms with E-state index in [-0.39, 0.29) is 0 Å². The van der Waals surface area contributed by atoms with Gasteiger partial charge in [0.15, 0.2) is 0 Å². The normalized spacial score (nSPS) is 10.5. The molecule has 0 bridgehead atoms. The van der Waals surface area contributed by atoms with E-state index in [1.54, 1.807) is 25.1 Å². The highest BCUT2D eigenvalue weighted by Gasteiger charge is 2.12. The number of ether oxygens (including phenoxy) is 1. The third kappa shape index (κ3) is 3.08. The summed E-state index contributed by atoms with van der Waals surface area (Å²) in [6.07, 6.45) is 0.676. The molecule has 1 aromatic carbocycles. The Bertz CT molecular complexity index is 617. The van der Waals surface area contributed by atoms with Crippen molar-refractivity contribution in [1.29, 1.82) is 0 Å². The zero-order valence-corrected chi connectivity index (χ0v) is 12.1. The van der Waals surface area contributed by atoms with E-state index in [2.05, 4.69) is 9.97 Å². The average Bonchev–Trinajstić information content (AvgIpc) is 2.37. The molecule has 100 valence electrons. The van der Waals surface area contributed by atoms with E-state index in [0.717, 1.165) is 0 Å². The third-order valence-electron chi connectivity index (χ3n) is 2.60. The molecule has 1 aromatic heterocycles. The maximum Gasteiger partial charge on any atom is 0.227 e. The molecular weight excluding hydrogens is 285 g/mol. The average molecular weight is 298 g/mol. The first-order valence-corrected chi connectivity index (χ1v) is 6.52. The number of rotatable bonds is 3. The second-order valence-corrected chi connectivity index (χ2v) is 4.83. The molecule has 19 heavy (non-hydrogen) atoms. The van der Waals surface area contributed by atoms with Crippen LogP contribution in [-0.2, 0) is 6.42 Å². The van der Waals surface area contributed by atoms with Crippen molar-refractivity contribution >= 4 is 29.0 Å². The Kier molecular flexibility index (Phi) is 4.12. The van der Waals surface area contributed by atoms with E-state index in [1.165, 1.54) is 0 Å². The van der Waals surface area contributed by atoms with Gasteiger partial charge in [0.05, 0.1) is 10.6 Å². The molecule has 0 fully saturated rings. The van der Waals surface area contributed by atoms with E-state index in [0.29, 0.717) is 45.3 Å². The Labute approximate surface area is 121 Å². The van der Waals surface area contributed by atoms with Gasteiger partial charge in [0.1, 0.15) is 17.4 Å². The number of nitrogen functional groups attached to an aromatic ring is 1. The number of halogens is 2. The van der Waals surface area contributed by atoms with E-state index >= 15 is 0 Å². The lowest BCUT2D eigenvalue weighted by atomic mass is 10.3. The maximum absolute atomic E-state index is 6.06. The first-order valence-electron chi connectivity index (χ1n) is 5.77. The van der Waals surface area contributed by atoms with Gasteiger partial charge in [-0.1, -0.05) is 30.1 Å². The third-order valence-corrected chi connectivity index (χ3v) is 3.13. The van der Waals surface area contributed by atoms with Gasteiger partial charge in [0.2, 0.25) is 5.88 Å². The van der Waals surface area contributed by atoms with Crippen LogP contribution in [0.1, 0.15) is 18.3 Å². The van der Waals surface area contributed by atoms with E-state index in [4.69, 9.17) is 33.7 Å². The van der Waals surface area contributed by atoms with Gasteiger partial charge < -0.3 is 10.5 Å². The minimum atomic E-state index is 0.409. The molecule has 6 heteroatoms. The molecule has 4 nitrogen and oxygen atoms in total. The van der Waals surface area contributed by atoms with Gasteiger partial charge in [-0.25, -0.2) is 4.98 Å². The van der Waals surface area contributed by atoms with Crippen molar-refractivity contribution in [3.05, 3.63) is 39.6 Å². The molecule has 0 aliphatic carbocycles. The lowest BCUT2D eigenvalue weighted by molar-refractivity contribution is 0.455. The molecule has 0 aliphatic heterocycles. The number of nitrogens with zero attached hydrogens (tertiary/aromatic N) is 2. The van der Waals surface area contributed by atoms with E-state index in [1.807, 2.05) is 6.92 Å². The van der Waals surface area contributed by atoms with Gasteiger partial charge in [-0.15, -0.1) is 0 Å². The Morgan fingerprint density at radius 1 is 1.26 bits per heavy atom. The number of aryl methyl sites for hydroxylation is 1. The van der Waals surface area contributed by atoms with Crippen LogP contribution in [-0.4, -0.2) is 9.97 Å². The molecule has 0 spiro atoms. The largest absolute Gasteiger partial charge is 0.437 e. The van der Waals surface area contributed by atoms with Crippen LogP contribution in [0.5, 0.6) is 11.6 Å². The first kappa shape index (κ1) is 13.9. The summed E-state index contributed by atoms with van der Waals surface area (Å²) in [6, 6.07) is 5.00. The lowest BCUT2D eigenvalue weighted by Gasteiger charge is -2.11. The molecular formula is C13H13Cl2N3O. The molecule has 0 atom stereocenters. The zero-order valence-electron chi connectivity index (χ0n) is 10.6. The smallest absolute Gasteiger partial charge is 0.227 e. The summed E-state index contributed by atoms with van der Waals surface area (Å²) in [5, 5.41) is 0.965. The minimum Gasteiger partial charge on any atom is -0.437 e. The van der Waals surface area contributed by atoms with Crippen molar-refractivity contribution in [2.45, 2.75) is 20.3 Å². The summed E-state index contributed by atoms with van der Waals surface area (Å²) < 4.78 is 5.70. The molecule has 0 unspecified atom stereocenters. The van der Waals surface area contributed by atoms with Crippen LogP contribution in [0.4, 0.5) is 5.82 Å². The van der Waals surface area contributed by atoms with Crippen molar-refractivity contribution in [2.75, 3.05) is 5.73 Å². The standard InChI is InChI=1S/C13H13Cl2N3O/c1-3-11-17-12(16)7(2)13(18-11)19-10-5-4-8(14)6-9(10)15/h4-6H,3H2,1-2H3,(H2,16,17,18). The van der Waals surface area contributed by atoms with Crippen molar-refractivity contribution in [2.24, 2.45) is 0 Å². The van der Waals surface area contributed by atoms with Crippen LogP contribution < -0.4 is 10.5 Å². The van der Waals surface area contributed by atoms with Gasteiger partial charge in [-0.2, -0.15) is 4.98 Å². The molecule has 0 radical (unpaired) electrons. The monoisotopic (exact) mass is 297 g/mol. The Balaban J connectivity index is 2.40. The molecule has 0 saturated heterocycles. The fourth-order valence-corrected chi connectivity index (χ4v) is 1.93. The SMILES string of the molecule is CCc1nc(N)c(C)c(Oc2ccc(Cl)cc2Cl)n1. The number of benzene rings is 1. The number of hydrogen-bond donors (Lipinski definition) is 1. The lowest BCUT2D eigenvalue weighted by Crippen LogP contribution is -2.04. The highest BCUT2D eigenvalue weighted by molar-refractivity contribution is 6.35. The van der Waals surface area contributed by atoms with Gasteiger partial charge in [-0.3, -0.25) is 0 Å². The maximum atomic E-state index is 6.06. The predicted molar refractivity (Wildman–Crippen MR) is 77.1 cm³/mol. The van der Waals surface area contributed by atoms with Crippen LogP contribution in [0.25, 0.3) is 0 Å². The van der Waals surface area contributed by atoms with Crippen molar-refractivity contribution < 1.29 is 4.74 Å². The van der Waals surface area contributed by atoms with Gasteiger partial charge in [0, 0.05) is 11.4 Å². The topological polar surface area (TPSA) is 61.0 Å². The molecule has 0 saturated carbocycles. The number of nitrogens with two attached hydrogens (primary N) is 1. The van der Waals surface area contributed by atoms with Gasteiger partial charge in [-0.05, 0) is 25.1 Å². The summed E-state index contributed by atoms with van der Waals surface area (Å²) in [6.45, 7) is 3.75. The van der Waals surface area contributed by atoms with Crippen LogP contribution in [0.2, 0.25) is 10.0 Å².